The number of nitriles is 1. The van der Waals surface area contributed by atoms with Gasteiger partial charge >= 0.3 is 6.18 Å². The second-order valence-corrected chi connectivity index (χ2v) is 9.98. The summed E-state index contributed by atoms with van der Waals surface area (Å²) in [6.45, 7) is 6.16. The van der Waals surface area contributed by atoms with E-state index in [1.807, 2.05) is 31.3 Å². The molecule has 6 rings (SSSR count). The van der Waals surface area contributed by atoms with Crippen LogP contribution >= 0.6 is 0 Å². The number of H-pyrrole nitrogens is 1. The normalized spacial score (nSPS) is 18.6. The van der Waals surface area contributed by atoms with Crippen molar-refractivity contribution in [3.8, 4) is 17.3 Å². The molecule has 0 radical (unpaired) electrons. The van der Waals surface area contributed by atoms with Gasteiger partial charge in [-0.25, -0.2) is 19.9 Å². The van der Waals surface area contributed by atoms with Gasteiger partial charge in [-0.05, 0) is 44.0 Å². The summed E-state index contributed by atoms with van der Waals surface area (Å²) >= 11 is 0. The van der Waals surface area contributed by atoms with E-state index in [0.29, 0.717) is 11.6 Å². The highest BCUT2D eigenvalue weighted by molar-refractivity contribution is 5.94. The summed E-state index contributed by atoms with van der Waals surface area (Å²) in [5, 5.41) is 13.1. The third kappa shape index (κ3) is 4.85. The first-order valence-corrected chi connectivity index (χ1v) is 12.8. The molecular formula is C27H26F3N9. The maximum atomic E-state index is 13.3. The molecule has 0 amide bonds. The number of pyridine rings is 2. The van der Waals surface area contributed by atoms with Crippen LogP contribution in [0.5, 0.6) is 0 Å². The van der Waals surface area contributed by atoms with E-state index < -0.39 is 11.7 Å². The highest BCUT2D eigenvalue weighted by Gasteiger charge is 2.32. The molecule has 1 unspecified atom stereocenters. The van der Waals surface area contributed by atoms with Crippen molar-refractivity contribution in [2.24, 2.45) is 0 Å². The molecule has 0 spiro atoms. The largest absolute Gasteiger partial charge is 0.417 e. The maximum absolute atomic E-state index is 13.3. The fourth-order valence-corrected chi connectivity index (χ4v) is 5.41. The van der Waals surface area contributed by atoms with Gasteiger partial charge in [-0.2, -0.15) is 18.4 Å². The predicted molar refractivity (Wildman–Crippen MR) is 140 cm³/mol. The Morgan fingerprint density at radius 3 is 2.77 bits per heavy atom. The number of anilines is 2. The van der Waals surface area contributed by atoms with Gasteiger partial charge in [0.2, 0.25) is 5.95 Å². The Hall–Kier alpha value is -4.24. The van der Waals surface area contributed by atoms with E-state index in [4.69, 9.17) is 4.98 Å². The predicted octanol–water partition coefficient (Wildman–Crippen LogP) is 4.76. The van der Waals surface area contributed by atoms with Crippen molar-refractivity contribution in [2.45, 2.75) is 38.0 Å². The molecule has 0 bridgehead atoms. The Balaban J connectivity index is 1.23. The SMILES string of the molecule is C[C@@H](Nc1ncc(C#N)c(-c2c[nH]c3ncc(C(F)(F)F)cc23)n1)c1ccc(N2CCN3CCCC3C2)nc1. The number of aromatic nitrogens is 5. The fourth-order valence-electron chi connectivity index (χ4n) is 5.41. The third-order valence-electron chi connectivity index (χ3n) is 7.55. The zero-order valence-corrected chi connectivity index (χ0v) is 21.2. The minimum Gasteiger partial charge on any atom is -0.354 e. The minimum atomic E-state index is -4.55. The highest BCUT2D eigenvalue weighted by atomic mass is 19.4. The number of piperazine rings is 1. The van der Waals surface area contributed by atoms with Crippen LogP contribution in [0.25, 0.3) is 22.3 Å². The van der Waals surface area contributed by atoms with E-state index in [-0.39, 0.29) is 34.3 Å². The third-order valence-corrected chi connectivity index (χ3v) is 7.55. The molecule has 0 aliphatic carbocycles. The second-order valence-electron chi connectivity index (χ2n) is 9.98. The van der Waals surface area contributed by atoms with Crippen molar-refractivity contribution in [3.63, 3.8) is 0 Å². The lowest BCUT2D eigenvalue weighted by atomic mass is 10.1. The number of hydrogen-bond acceptors (Lipinski definition) is 8. The molecular weight excluding hydrogens is 507 g/mol. The molecule has 2 aliphatic heterocycles. The Kier molecular flexibility index (Phi) is 6.31. The van der Waals surface area contributed by atoms with Gasteiger partial charge in [0, 0.05) is 55.2 Å². The number of fused-ring (bicyclic) bond motifs is 2. The lowest BCUT2D eigenvalue weighted by Gasteiger charge is -2.38. The Bertz CT molecular complexity index is 1540. The first-order valence-electron chi connectivity index (χ1n) is 12.8. The number of hydrogen-bond donors (Lipinski definition) is 2. The van der Waals surface area contributed by atoms with Crippen LogP contribution in [0.2, 0.25) is 0 Å². The van der Waals surface area contributed by atoms with Gasteiger partial charge in [0.15, 0.2) is 0 Å². The molecule has 39 heavy (non-hydrogen) atoms. The Labute approximate surface area is 222 Å². The summed E-state index contributed by atoms with van der Waals surface area (Å²) in [7, 11) is 0. The lowest BCUT2D eigenvalue weighted by molar-refractivity contribution is -0.137. The summed E-state index contributed by atoms with van der Waals surface area (Å²) in [6.07, 6.45) is 3.43. The van der Waals surface area contributed by atoms with Crippen LogP contribution in [-0.2, 0) is 6.18 Å². The van der Waals surface area contributed by atoms with Crippen molar-refractivity contribution in [2.75, 3.05) is 36.4 Å². The van der Waals surface area contributed by atoms with Gasteiger partial charge in [0.1, 0.15) is 17.5 Å². The molecule has 2 atom stereocenters. The number of nitrogens with zero attached hydrogens (tertiary/aromatic N) is 7. The Morgan fingerprint density at radius 2 is 2.00 bits per heavy atom. The van der Waals surface area contributed by atoms with Gasteiger partial charge in [-0.1, -0.05) is 6.07 Å². The van der Waals surface area contributed by atoms with Crippen molar-refractivity contribution in [1.29, 1.82) is 5.26 Å². The minimum absolute atomic E-state index is 0.139. The smallest absolute Gasteiger partial charge is 0.354 e. The first kappa shape index (κ1) is 25.1. The quantitative estimate of drug-likeness (QED) is 0.378. The summed E-state index contributed by atoms with van der Waals surface area (Å²) < 4.78 is 39.9. The standard InChI is InChI=1S/C27H26F3N9/c1-16(17-4-5-23(32-11-17)39-8-7-38-6-2-3-20(38)15-39)36-26-35-12-18(10-31)24(37-26)22-14-34-25-21(22)9-19(13-33-25)27(28,29)30/h4-5,9,11-14,16,20H,2-3,6-8,15H2,1H3,(H,33,34)(H,35,36,37)/t16-,20?/m1/s1. The molecule has 0 aromatic carbocycles. The van der Waals surface area contributed by atoms with Gasteiger partial charge < -0.3 is 15.2 Å². The molecule has 4 aromatic heterocycles. The van der Waals surface area contributed by atoms with Crippen LogP contribution in [0.1, 0.15) is 42.5 Å². The zero-order valence-electron chi connectivity index (χ0n) is 21.2. The molecule has 2 N–H and O–H groups in total. The number of alkyl halides is 3. The maximum Gasteiger partial charge on any atom is 0.417 e. The molecule has 12 heteroatoms. The summed E-state index contributed by atoms with van der Waals surface area (Å²) in [5.74, 6) is 1.20. The Morgan fingerprint density at radius 1 is 1.13 bits per heavy atom. The topological polar surface area (TPSA) is 110 Å². The molecule has 2 saturated heterocycles. The van der Waals surface area contributed by atoms with E-state index in [1.54, 1.807) is 0 Å². The van der Waals surface area contributed by atoms with Crippen molar-refractivity contribution in [3.05, 3.63) is 59.7 Å². The molecule has 2 fully saturated rings. The van der Waals surface area contributed by atoms with E-state index in [2.05, 4.69) is 35.1 Å². The molecule has 9 nitrogen and oxygen atoms in total. The zero-order chi connectivity index (χ0) is 27.1. The second kappa shape index (κ2) is 9.81. The molecule has 200 valence electrons. The number of aromatic amines is 1. The van der Waals surface area contributed by atoms with E-state index in [0.717, 1.165) is 43.3 Å². The van der Waals surface area contributed by atoms with Crippen LogP contribution in [0.15, 0.2) is 43.0 Å². The fraction of sp³-hybridized carbons (Fsp3) is 0.370. The van der Waals surface area contributed by atoms with Crippen LogP contribution < -0.4 is 10.2 Å². The number of rotatable bonds is 5. The average Bonchev–Trinajstić information content (AvgIpc) is 3.59. The molecule has 4 aromatic rings. The van der Waals surface area contributed by atoms with Crippen LogP contribution in [0.3, 0.4) is 0 Å². The summed E-state index contributed by atoms with van der Waals surface area (Å²) in [5.41, 5.74) is 1.01. The lowest BCUT2D eigenvalue weighted by Crippen LogP contribution is -2.50. The monoisotopic (exact) mass is 533 g/mol. The molecule has 0 saturated carbocycles. The molecule has 2 aliphatic rings. The van der Waals surface area contributed by atoms with E-state index in [1.165, 1.54) is 31.8 Å². The van der Waals surface area contributed by atoms with Gasteiger partial charge in [-0.15, -0.1) is 0 Å². The number of halogens is 3. The van der Waals surface area contributed by atoms with Gasteiger partial charge in [-0.3, -0.25) is 4.90 Å². The highest BCUT2D eigenvalue weighted by Crippen LogP contribution is 2.35. The van der Waals surface area contributed by atoms with Crippen molar-refractivity contribution >= 4 is 22.8 Å². The first-order chi connectivity index (χ1) is 18.8. The average molecular weight is 534 g/mol. The van der Waals surface area contributed by atoms with Gasteiger partial charge in [0.05, 0.1) is 29.1 Å². The van der Waals surface area contributed by atoms with Crippen LogP contribution in [0, 0.1) is 11.3 Å². The van der Waals surface area contributed by atoms with Crippen LogP contribution in [0.4, 0.5) is 24.9 Å². The molecule has 6 heterocycles. The summed E-state index contributed by atoms with van der Waals surface area (Å²) in [6, 6.07) is 7.49. The van der Waals surface area contributed by atoms with E-state index >= 15 is 0 Å². The summed E-state index contributed by atoms with van der Waals surface area (Å²) in [4.78, 5) is 25.1. The van der Waals surface area contributed by atoms with Crippen molar-refractivity contribution < 1.29 is 13.2 Å². The number of nitrogens with one attached hydrogen (secondary N) is 2. The van der Waals surface area contributed by atoms with Gasteiger partial charge in [0.25, 0.3) is 0 Å². The van der Waals surface area contributed by atoms with Crippen LogP contribution in [-0.4, -0.2) is 62.0 Å². The van der Waals surface area contributed by atoms with Crippen molar-refractivity contribution in [1.82, 2.24) is 29.8 Å². The van der Waals surface area contributed by atoms with E-state index in [9.17, 15) is 18.4 Å².